The summed E-state index contributed by atoms with van der Waals surface area (Å²) in [6, 6.07) is 0. The fraction of sp³-hybridized carbons (Fsp3) is 0.833. The minimum absolute atomic E-state index is 0.505. The third-order valence-electron chi connectivity index (χ3n) is 1.28. The molecule has 2 nitrogen and oxygen atoms in total. The molecule has 0 saturated carbocycles. The van der Waals surface area contributed by atoms with Crippen molar-refractivity contribution >= 4 is 16.4 Å². The molecular weight excluding hydrogens is 136 g/mol. The number of rotatable bonds is 1. The van der Waals surface area contributed by atoms with E-state index in [2.05, 4.69) is 0 Å². The first-order chi connectivity index (χ1) is 4.29. The van der Waals surface area contributed by atoms with E-state index < -0.39 is 0 Å². The van der Waals surface area contributed by atoms with Gasteiger partial charge in [0.25, 0.3) is 0 Å². The molecule has 0 amide bonds. The molecule has 9 heavy (non-hydrogen) atoms. The van der Waals surface area contributed by atoms with Crippen LogP contribution in [0.15, 0.2) is 0 Å². The topological polar surface area (TPSA) is 29.5 Å². The van der Waals surface area contributed by atoms with E-state index in [1.165, 1.54) is 0 Å². The highest BCUT2D eigenvalue weighted by Gasteiger charge is 2.11. The van der Waals surface area contributed by atoms with Crippen LogP contribution in [-0.2, 0) is 4.74 Å². The second-order valence-electron chi connectivity index (χ2n) is 2.19. The number of hydrogen-bond acceptors (Lipinski definition) is 1. The minimum atomic E-state index is 0.505. The molecule has 0 unspecified atom stereocenters. The van der Waals surface area contributed by atoms with Crippen molar-refractivity contribution in [3.63, 3.8) is 0 Å². The Morgan fingerprint density at radius 3 is 3.00 bits per heavy atom. The van der Waals surface area contributed by atoms with Gasteiger partial charge in [-0.1, -0.05) is 0 Å². The Hall–Kier alpha value is 0.140. The summed E-state index contributed by atoms with van der Waals surface area (Å²) in [5.41, 5.74) is 0. The lowest BCUT2D eigenvalue weighted by molar-refractivity contribution is 0.199. The second kappa shape index (κ2) is 3.34. The third-order valence-corrected chi connectivity index (χ3v) is 2.42. The van der Waals surface area contributed by atoms with Crippen LogP contribution < -0.4 is 0 Å². The van der Waals surface area contributed by atoms with E-state index in [4.69, 9.17) is 9.84 Å². The monoisotopic (exact) mass is 148 g/mol. The maximum absolute atomic E-state index is 8.86. The van der Waals surface area contributed by atoms with Crippen molar-refractivity contribution in [2.24, 2.45) is 0 Å². The molecule has 1 atom stereocenters. The average molecular weight is 148 g/mol. The standard InChI is InChI=1S/C6H12O2S/c1-5(7)9-6-2-3-8-4-6/h6-7,9H,2-4H2,1H3/t6-/m1/s1. The maximum Gasteiger partial charge on any atom is 0.0667 e. The van der Waals surface area contributed by atoms with Crippen molar-refractivity contribution < 1.29 is 9.84 Å². The van der Waals surface area contributed by atoms with Crippen molar-refractivity contribution in [3.05, 3.63) is 0 Å². The fourth-order valence-electron chi connectivity index (χ4n) is 0.888. The van der Waals surface area contributed by atoms with Crippen molar-refractivity contribution in [2.45, 2.75) is 18.6 Å². The van der Waals surface area contributed by atoms with E-state index in [1.54, 1.807) is 6.92 Å². The van der Waals surface area contributed by atoms with E-state index in [1.807, 2.05) is 0 Å². The van der Waals surface area contributed by atoms with Gasteiger partial charge in [-0.25, -0.2) is 0 Å². The number of aliphatic hydroxyl groups is 1. The summed E-state index contributed by atoms with van der Waals surface area (Å²) in [7, 11) is 0. The Labute approximate surface area is 58.8 Å². The molecule has 1 saturated heterocycles. The quantitative estimate of drug-likeness (QED) is 0.428. The predicted molar refractivity (Wildman–Crippen MR) is 41.5 cm³/mol. The number of thiol groups is 1. The van der Waals surface area contributed by atoms with E-state index in [0.717, 1.165) is 31.0 Å². The summed E-state index contributed by atoms with van der Waals surface area (Å²) in [4.78, 5) is 0. The first kappa shape index (κ1) is 7.25. The molecule has 0 aromatic carbocycles. The first-order valence-electron chi connectivity index (χ1n) is 3.10. The lowest BCUT2D eigenvalue weighted by Crippen LogP contribution is -1.99. The molecule has 1 fully saturated rings. The highest BCUT2D eigenvalue weighted by molar-refractivity contribution is 7.99. The smallest absolute Gasteiger partial charge is 0.0667 e. The lowest BCUT2D eigenvalue weighted by Gasteiger charge is -1.98. The zero-order chi connectivity index (χ0) is 6.69. The normalized spacial score (nSPS) is 30.0. The molecule has 0 bridgehead atoms. The Morgan fingerprint density at radius 2 is 2.56 bits per heavy atom. The van der Waals surface area contributed by atoms with Crippen molar-refractivity contribution in [1.82, 2.24) is 0 Å². The van der Waals surface area contributed by atoms with Crippen molar-refractivity contribution in [1.29, 1.82) is 0 Å². The molecule has 1 aliphatic heterocycles. The summed E-state index contributed by atoms with van der Waals surface area (Å²) in [6.45, 7) is 3.42. The van der Waals surface area contributed by atoms with Gasteiger partial charge in [-0.15, -0.1) is 0 Å². The third kappa shape index (κ3) is 2.47. The molecule has 3 heteroatoms. The van der Waals surface area contributed by atoms with Crippen LogP contribution in [0.4, 0.5) is 0 Å². The van der Waals surface area contributed by atoms with Crippen LogP contribution in [0.5, 0.6) is 0 Å². The molecular formula is C6H12O2S. The Kier molecular flexibility index (Phi) is 2.69. The van der Waals surface area contributed by atoms with Crippen LogP contribution in [0.3, 0.4) is 0 Å². The molecule has 1 heterocycles. The van der Waals surface area contributed by atoms with Gasteiger partial charge in [-0.2, -0.15) is 11.4 Å². The van der Waals surface area contributed by atoms with E-state index in [0.29, 0.717) is 10.3 Å². The summed E-state index contributed by atoms with van der Waals surface area (Å²) in [5.74, 6) is 0. The molecule has 1 N–H and O–H groups in total. The molecule has 0 aliphatic carbocycles. The molecule has 0 aromatic heterocycles. The van der Waals surface area contributed by atoms with Crippen molar-refractivity contribution in [2.75, 3.05) is 13.2 Å². The second-order valence-corrected chi connectivity index (χ2v) is 3.83. The van der Waals surface area contributed by atoms with Crippen molar-refractivity contribution in [3.8, 4) is 0 Å². The van der Waals surface area contributed by atoms with Crippen LogP contribution in [-0.4, -0.2) is 28.6 Å². The summed E-state index contributed by atoms with van der Waals surface area (Å²) < 4.78 is 5.13. The van der Waals surface area contributed by atoms with E-state index in [9.17, 15) is 0 Å². The maximum atomic E-state index is 8.86. The summed E-state index contributed by atoms with van der Waals surface area (Å²) in [5, 5.41) is 9.92. The summed E-state index contributed by atoms with van der Waals surface area (Å²) >= 11 is 1.05. The molecule has 54 valence electrons. The zero-order valence-electron chi connectivity index (χ0n) is 5.50. The first-order valence-corrected chi connectivity index (χ1v) is 4.06. The van der Waals surface area contributed by atoms with Gasteiger partial charge in [-0.3, -0.25) is 0 Å². The van der Waals surface area contributed by atoms with Gasteiger partial charge in [0.15, 0.2) is 0 Å². The number of hydrogen-bond donors (Lipinski definition) is 2. The van der Waals surface area contributed by atoms with Gasteiger partial charge in [0.1, 0.15) is 0 Å². The Bertz CT molecular complexity index is 112. The molecule has 1 rings (SSSR count). The molecule has 0 spiro atoms. The van der Waals surface area contributed by atoms with Crippen LogP contribution in [0, 0.1) is 0 Å². The molecule has 1 aliphatic rings. The predicted octanol–water partition coefficient (Wildman–Crippen LogP) is 0.949. The van der Waals surface area contributed by atoms with E-state index >= 15 is 0 Å². The zero-order valence-corrected chi connectivity index (χ0v) is 6.40. The van der Waals surface area contributed by atoms with Gasteiger partial charge in [-0.05, 0) is 13.3 Å². The summed E-state index contributed by atoms with van der Waals surface area (Å²) in [6.07, 6.45) is 1.10. The van der Waals surface area contributed by atoms with Crippen LogP contribution in [0.1, 0.15) is 13.3 Å². The Morgan fingerprint density at radius 1 is 1.78 bits per heavy atom. The number of ether oxygens (including phenoxy) is 1. The fourth-order valence-corrected chi connectivity index (χ4v) is 1.83. The number of aliphatic hydroxyl groups excluding tert-OH is 1. The van der Waals surface area contributed by atoms with Crippen LogP contribution >= 0.6 is 11.4 Å². The Balaban J connectivity index is 2.35. The van der Waals surface area contributed by atoms with Crippen LogP contribution in [0.25, 0.3) is 0 Å². The lowest BCUT2D eigenvalue weighted by atomic mass is 10.4. The minimum Gasteiger partial charge on any atom is -0.380 e. The SMILES string of the molecule is CC(O)=[SH][C@@H]1CCOC1. The van der Waals surface area contributed by atoms with Gasteiger partial charge in [0, 0.05) is 11.9 Å². The highest BCUT2D eigenvalue weighted by atomic mass is 32.1. The highest BCUT2D eigenvalue weighted by Crippen LogP contribution is 2.14. The average Bonchev–Trinajstić information content (AvgIpc) is 2.15. The van der Waals surface area contributed by atoms with Gasteiger partial charge < -0.3 is 9.84 Å². The molecule has 0 radical (unpaired) electrons. The van der Waals surface area contributed by atoms with E-state index in [-0.39, 0.29) is 0 Å². The van der Waals surface area contributed by atoms with Gasteiger partial charge >= 0.3 is 0 Å². The van der Waals surface area contributed by atoms with Gasteiger partial charge in [0.05, 0.1) is 11.7 Å². The molecule has 0 aromatic rings. The van der Waals surface area contributed by atoms with Gasteiger partial charge in [0.2, 0.25) is 0 Å². The largest absolute Gasteiger partial charge is 0.380 e. The van der Waals surface area contributed by atoms with Crippen LogP contribution in [0.2, 0.25) is 0 Å².